The van der Waals surface area contributed by atoms with Crippen LogP contribution in [-0.4, -0.2) is 11.7 Å². The van der Waals surface area contributed by atoms with Gasteiger partial charge in [0.25, 0.3) is 0 Å². The highest BCUT2D eigenvalue weighted by molar-refractivity contribution is 6.33. The SMILES string of the molecule is NC(CCO)c1ccc(-c2ccc(C(F)(F)F)cc2Cl)o1. The number of aliphatic hydroxyl groups excluding tert-OH is 1. The van der Waals surface area contributed by atoms with E-state index in [1.807, 2.05) is 0 Å². The number of hydrogen-bond donors (Lipinski definition) is 2. The lowest BCUT2D eigenvalue weighted by molar-refractivity contribution is -0.137. The van der Waals surface area contributed by atoms with Crippen molar-refractivity contribution in [3.05, 3.63) is 46.7 Å². The van der Waals surface area contributed by atoms with Gasteiger partial charge in [0.05, 0.1) is 16.6 Å². The van der Waals surface area contributed by atoms with Crippen molar-refractivity contribution in [3.8, 4) is 11.3 Å². The molecule has 3 nitrogen and oxygen atoms in total. The minimum Gasteiger partial charge on any atom is -0.459 e. The summed E-state index contributed by atoms with van der Waals surface area (Å²) >= 11 is 5.89. The third kappa shape index (κ3) is 3.58. The van der Waals surface area contributed by atoms with Crippen LogP contribution in [0.3, 0.4) is 0 Å². The Labute approximate surface area is 124 Å². The van der Waals surface area contributed by atoms with E-state index in [0.717, 1.165) is 12.1 Å². The summed E-state index contributed by atoms with van der Waals surface area (Å²) < 4.78 is 43.2. The van der Waals surface area contributed by atoms with Gasteiger partial charge >= 0.3 is 6.18 Å². The maximum atomic E-state index is 12.6. The van der Waals surface area contributed by atoms with Crippen LogP contribution in [0.4, 0.5) is 13.2 Å². The van der Waals surface area contributed by atoms with E-state index in [1.54, 1.807) is 12.1 Å². The molecule has 0 bridgehead atoms. The number of rotatable bonds is 4. The third-order valence-corrected chi connectivity index (χ3v) is 3.31. The van der Waals surface area contributed by atoms with E-state index in [2.05, 4.69) is 0 Å². The van der Waals surface area contributed by atoms with Gasteiger partial charge in [0, 0.05) is 12.2 Å². The van der Waals surface area contributed by atoms with Crippen molar-refractivity contribution in [2.75, 3.05) is 6.61 Å². The molecule has 1 heterocycles. The number of halogens is 4. The quantitative estimate of drug-likeness (QED) is 0.895. The van der Waals surface area contributed by atoms with Crippen molar-refractivity contribution in [2.24, 2.45) is 5.73 Å². The predicted octanol–water partition coefficient (Wildman–Crippen LogP) is 4.00. The van der Waals surface area contributed by atoms with Crippen molar-refractivity contribution < 1.29 is 22.7 Å². The van der Waals surface area contributed by atoms with Crippen LogP contribution in [0.2, 0.25) is 5.02 Å². The molecule has 0 saturated heterocycles. The van der Waals surface area contributed by atoms with Crippen molar-refractivity contribution in [1.82, 2.24) is 0 Å². The van der Waals surface area contributed by atoms with Gasteiger partial charge in [-0.1, -0.05) is 11.6 Å². The van der Waals surface area contributed by atoms with Gasteiger partial charge in [-0.3, -0.25) is 0 Å². The van der Waals surface area contributed by atoms with Crippen molar-refractivity contribution in [2.45, 2.75) is 18.6 Å². The van der Waals surface area contributed by atoms with Crippen molar-refractivity contribution >= 4 is 11.6 Å². The van der Waals surface area contributed by atoms with Crippen LogP contribution in [0.25, 0.3) is 11.3 Å². The smallest absolute Gasteiger partial charge is 0.416 e. The molecule has 0 aliphatic rings. The van der Waals surface area contributed by atoms with E-state index in [0.29, 0.717) is 23.5 Å². The summed E-state index contributed by atoms with van der Waals surface area (Å²) in [6.07, 6.45) is -4.12. The Bertz CT molecular complexity index is 625. The monoisotopic (exact) mass is 319 g/mol. The highest BCUT2D eigenvalue weighted by Gasteiger charge is 2.31. The van der Waals surface area contributed by atoms with Crippen LogP contribution in [-0.2, 0) is 6.18 Å². The summed E-state index contributed by atoms with van der Waals surface area (Å²) in [6, 6.07) is 5.77. The van der Waals surface area contributed by atoms with Crippen LogP contribution in [0.15, 0.2) is 34.7 Å². The van der Waals surface area contributed by atoms with Crippen molar-refractivity contribution in [3.63, 3.8) is 0 Å². The summed E-state index contributed by atoms with van der Waals surface area (Å²) in [6.45, 7) is -0.0851. The Balaban J connectivity index is 2.31. The van der Waals surface area contributed by atoms with E-state index in [1.165, 1.54) is 6.07 Å². The predicted molar refractivity (Wildman–Crippen MR) is 72.8 cm³/mol. The molecular weight excluding hydrogens is 307 g/mol. The average Bonchev–Trinajstić information content (AvgIpc) is 2.87. The molecule has 0 amide bonds. The van der Waals surface area contributed by atoms with Crippen LogP contribution in [0, 0.1) is 0 Å². The number of alkyl halides is 3. The first-order chi connectivity index (χ1) is 9.82. The molecule has 2 aromatic rings. The van der Waals surface area contributed by atoms with E-state index >= 15 is 0 Å². The van der Waals surface area contributed by atoms with Gasteiger partial charge in [0.2, 0.25) is 0 Å². The van der Waals surface area contributed by atoms with Gasteiger partial charge in [-0.15, -0.1) is 0 Å². The number of nitrogens with two attached hydrogens (primary N) is 1. The van der Waals surface area contributed by atoms with Gasteiger partial charge in [-0.25, -0.2) is 0 Å². The fourth-order valence-corrected chi connectivity index (χ4v) is 2.14. The number of furan rings is 1. The summed E-state index contributed by atoms with van der Waals surface area (Å²) in [5.41, 5.74) is 5.32. The normalized spacial score (nSPS) is 13.4. The van der Waals surface area contributed by atoms with Gasteiger partial charge < -0.3 is 15.3 Å². The lowest BCUT2D eigenvalue weighted by Gasteiger charge is -2.09. The zero-order valence-electron chi connectivity index (χ0n) is 10.8. The summed E-state index contributed by atoms with van der Waals surface area (Å²) in [4.78, 5) is 0. The fraction of sp³-hybridized carbons (Fsp3) is 0.286. The molecule has 1 aromatic carbocycles. The zero-order chi connectivity index (χ0) is 15.6. The molecular formula is C14H13ClF3NO2. The fourth-order valence-electron chi connectivity index (χ4n) is 1.87. The molecule has 2 rings (SSSR count). The number of hydrogen-bond acceptors (Lipinski definition) is 3. The largest absolute Gasteiger partial charge is 0.459 e. The molecule has 21 heavy (non-hydrogen) atoms. The third-order valence-electron chi connectivity index (χ3n) is 2.99. The molecule has 7 heteroatoms. The average molecular weight is 320 g/mol. The van der Waals surface area contributed by atoms with Crippen LogP contribution >= 0.6 is 11.6 Å². The summed E-state index contributed by atoms with van der Waals surface area (Å²) in [5, 5.41) is 8.77. The van der Waals surface area contributed by atoms with E-state index in [-0.39, 0.29) is 11.6 Å². The minimum absolute atomic E-state index is 0.0542. The molecule has 0 fully saturated rings. The Kier molecular flexibility index (Phi) is 4.61. The van der Waals surface area contributed by atoms with Crippen LogP contribution < -0.4 is 5.73 Å². The van der Waals surface area contributed by atoms with Gasteiger partial charge in [-0.2, -0.15) is 13.2 Å². The molecule has 1 unspecified atom stereocenters. The maximum absolute atomic E-state index is 12.6. The maximum Gasteiger partial charge on any atom is 0.416 e. The highest BCUT2D eigenvalue weighted by atomic mass is 35.5. The Morgan fingerprint density at radius 3 is 2.52 bits per heavy atom. The molecule has 0 saturated carbocycles. The van der Waals surface area contributed by atoms with E-state index in [9.17, 15) is 13.2 Å². The Hall–Kier alpha value is -1.50. The molecule has 0 radical (unpaired) electrons. The second-order valence-electron chi connectivity index (χ2n) is 4.51. The first kappa shape index (κ1) is 15.9. The number of benzene rings is 1. The lowest BCUT2D eigenvalue weighted by atomic mass is 10.1. The van der Waals surface area contributed by atoms with Gasteiger partial charge in [-0.05, 0) is 36.8 Å². The van der Waals surface area contributed by atoms with E-state index < -0.39 is 17.8 Å². The summed E-state index contributed by atoms with van der Waals surface area (Å²) in [7, 11) is 0. The highest BCUT2D eigenvalue weighted by Crippen LogP contribution is 2.36. The molecule has 1 aromatic heterocycles. The van der Waals surface area contributed by atoms with Crippen LogP contribution in [0.5, 0.6) is 0 Å². The topological polar surface area (TPSA) is 59.4 Å². The standard InChI is InChI=1S/C14H13ClF3NO2/c15-10-7-8(14(16,17)18)1-2-9(10)12-3-4-13(21-12)11(19)5-6-20/h1-4,7,11,20H,5-6,19H2. The minimum atomic E-state index is -4.44. The first-order valence-electron chi connectivity index (χ1n) is 6.16. The zero-order valence-corrected chi connectivity index (χ0v) is 11.6. The van der Waals surface area contributed by atoms with Gasteiger partial charge in [0.15, 0.2) is 0 Å². The van der Waals surface area contributed by atoms with Crippen LogP contribution in [0.1, 0.15) is 23.8 Å². The Morgan fingerprint density at radius 2 is 1.95 bits per heavy atom. The summed E-state index contributed by atoms with van der Waals surface area (Å²) in [5.74, 6) is 0.770. The molecule has 0 spiro atoms. The van der Waals surface area contributed by atoms with E-state index in [4.69, 9.17) is 26.9 Å². The van der Waals surface area contributed by atoms with Gasteiger partial charge in [0.1, 0.15) is 11.5 Å². The second kappa shape index (κ2) is 6.09. The molecule has 1 atom stereocenters. The second-order valence-corrected chi connectivity index (χ2v) is 4.92. The molecule has 114 valence electrons. The first-order valence-corrected chi connectivity index (χ1v) is 6.54. The van der Waals surface area contributed by atoms with Crippen molar-refractivity contribution in [1.29, 1.82) is 0 Å². The number of aliphatic hydroxyl groups is 1. The molecule has 0 aliphatic heterocycles. The molecule has 3 N–H and O–H groups in total. The Morgan fingerprint density at radius 1 is 1.24 bits per heavy atom. The molecule has 0 aliphatic carbocycles. The lowest BCUT2D eigenvalue weighted by Crippen LogP contribution is -2.10.